The Morgan fingerprint density at radius 1 is 1.17 bits per heavy atom. The van der Waals surface area contributed by atoms with Gasteiger partial charge in [-0.1, -0.05) is 35.9 Å². The zero-order valence-electron chi connectivity index (χ0n) is 17.7. The Hall–Kier alpha value is -2.21. The van der Waals surface area contributed by atoms with E-state index in [9.17, 15) is 0 Å². The Balaban J connectivity index is 1.55. The van der Waals surface area contributed by atoms with Crippen LogP contribution in [-0.2, 0) is 0 Å². The van der Waals surface area contributed by atoms with Gasteiger partial charge in [0.05, 0.1) is 50.8 Å². The van der Waals surface area contributed by atoms with Gasteiger partial charge in [-0.05, 0) is 43.7 Å². The monoisotopic (exact) mass is 426 g/mol. The van der Waals surface area contributed by atoms with E-state index in [0.717, 1.165) is 59.3 Å². The minimum atomic E-state index is -0.393. The highest BCUT2D eigenvalue weighted by Crippen LogP contribution is 2.50. The summed E-state index contributed by atoms with van der Waals surface area (Å²) in [5.74, 6) is 1.68. The van der Waals surface area contributed by atoms with Crippen LogP contribution >= 0.6 is 11.6 Å². The van der Waals surface area contributed by atoms with E-state index >= 15 is 0 Å². The molecule has 1 spiro atoms. The van der Waals surface area contributed by atoms with Crippen molar-refractivity contribution in [1.82, 2.24) is 10.4 Å². The lowest BCUT2D eigenvalue weighted by atomic mass is 9.92. The number of nitrogens with one attached hydrogen (secondary N) is 2. The molecule has 0 bridgehead atoms. The molecule has 1 atom stereocenters. The number of methoxy groups -OCH3 is 1. The summed E-state index contributed by atoms with van der Waals surface area (Å²) in [6.45, 7) is 6.77. The summed E-state index contributed by atoms with van der Waals surface area (Å²) >= 11 is 6.11. The van der Waals surface area contributed by atoms with Crippen molar-refractivity contribution < 1.29 is 14.4 Å². The normalized spacial score (nSPS) is 27.8. The average molecular weight is 427 g/mol. The van der Waals surface area contributed by atoms with Crippen LogP contribution in [0.25, 0.3) is 5.70 Å². The van der Waals surface area contributed by atoms with E-state index < -0.39 is 5.72 Å². The lowest BCUT2D eigenvalue weighted by molar-refractivity contribution is -0.929. The van der Waals surface area contributed by atoms with Crippen molar-refractivity contribution in [3.05, 3.63) is 64.7 Å². The van der Waals surface area contributed by atoms with Gasteiger partial charge in [-0.3, -0.25) is 0 Å². The van der Waals surface area contributed by atoms with Crippen molar-refractivity contribution >= 4 is 17.3 Å². The first-order valence-electron chi connectivity index (χ1n) is 10.7. The molecule has 5 nitrogen and oxygen atoms in total. The van der Waals surface area contributed by atoms with E-state index in [0.29, 0.717) is 6.04 Å². The number of para-hydroxylation sites is 1. The highest BCUT2D eigenvalue weighted by Gasteiger charge is 2.53. The summed E-state index contributed by atoms with van der Waals surface area (Å²) in [6.07, 6.45) is 4.22. The van der Waals surface area contributed by atoms with Gasteiger partial charge in [0.1, 0.15) is 0 Å². The molecule has 3 heterocycles. The maximum Gasteiger partial charge on any atom is 0.191 e. The molecule has 0 radical (unpaired) electrons. The largest absolute Gasteiger partial charge is 0.493 e. The Bertz CT molecular complexity index is 965. The van der Waals surface area contributed by atoms with E-state index in [1.165, 1.54) is 0 Å². The maximum absolute atomic E-state index is 6.80. The molecular formula is C24H29ClN3O2+. The van der Waals surface area contributed by atoms with E-state index in [2.05, 4.69) is 48.6 Å². The first-order valence-corrected chi connectivity index (χ1v) is 11.1. The van der Waals surface area contributed by atoms with E-state index in [1.807, 2.05) is 24.3 Å². The summed E-state index contributed by atoms with van der Waals surface area (Å²) in [6, 6.07) is 14.9. The van der Waals surface area contributed by atoms with Crippen LogP contribution in [0, 0.1) is 0 Å². The smallest absolute Gasteiger partial charge is 0.191 e. The van der Waals surface area contributed by atoms with Crippen LogP contribution in [0.15, 0.2) is 48.5 Å². The number of rotatable bonds is 3. The van der Waals surface area contributed by atoms with Crippen LogP contribution in [0.4, 0.5) is 0 Å². The Kier molecular flexibility index (Phi) is 4.92. The molecule has 1 fully saturated rings. The number of ether oxygens (including phenoxy) is 2. The van der Waals surface area contributed by atoms with Gasteiger partial charge in [0, 0.05) is 10.6 Å². The number of halogens is 1. The number of nitrogens with zero attached hydrogens (tertiary/aromatic N) is 1. The number of likely N-dealkylation sites (tertiary alicyclic amines) is 1. The number of quaternary nitrogens is 1. The second kappa shape index (κ2) is 7.49. The fraction of sp³-hybridized carbons (Fsp3) is 0.417. The van der Waals surface area contributed by atoms with Crippen LogP contribution in [-0.4, -0.2) is 37.0 Å². The van der Waals surface area contributed by atoms with Crippen LogP contribution in [0.1, 0.15) is 43.9 Å². The molecule has 0 saturated carbocycles. The summed E-state index contributed by atoms with van der Waals surface area (Å²) in [5, 5.41) is 3.07. The molecule has 3 aliphatic heterocycles. The standard InChI is InChI=1S/C24H28ClN3O2/c1-16(2)27-13-11-24(12-14-27)28-21(19-5-4-6-22(29-3)23(19)30-24)15-20(26-28)17-7-9-18(25)10-8-17/h4-10,15-16,21,26H,11-14H2,1-3H3/p+1/t21-/m0/s1. The van der Waals surface area contributed by atoms with Crippen molar-refractivity contribution in [2.75, 3.05) is 20.2 Å². The molecule has 6 heteroatoms. The van der Waals surface area contributed by atoms with Gasteiger partial charge in [0.25, 0.3) is 0 Å². The number of fused-ring (bicyclic) bond motifs is 4. The number of hydrogen-bond donors (Lipinski definition) is 2. The minimum absolute atomic E-state index is 0.0927. The number of hydrazine groups is 1. The van der Waals surface area contributed by atoms with E-state index in [4.69, 9.17) is 21.1 Å². The molecule has 0 aliphatic carbocycles. The fourth-order valence-corrected chi connectivity index (χ4v) is 5.13. The fourth-order valence-electron chi connectivity index (χ4n) is 5.00. The molecule has 3 aliphatic rings. The second-order valence-corrected chi connectivity index (χ2v) is 9.19. The summed E-state index contributed by atoms with van der Waals surface area (Å²) < 4.78 is 12.5. The molecule has 0 aromatic heterocycles. The van der Waals surface area contributed by atoms with Crippen molar-refractivity contribution in [1.29, 1.82) is 0 Å². The Labute approximate surface area is 183 Å². The SMILES string of the molecule is COc1cccc2c1OC1(CC[NH+](C(C)C)CC1)N1NC(c3ccc(Cl)cc3)=C[C@@H]21. The first-order chi connectivity index (χ1) is 14.5. The molecule has 2 N–H and O–H groups in total. The number of benzene rings is 2. The molecule has 1 saturated heterocycles. The third-order valence-electron chi connectivity index (χ3n) is 6.77. The third kappa shape index (κ3) is 3.16. The zero-order valence-corrected chi connectivity index (χ0v) is 18.5. The minimum Gasteiger partial charge on any atom is -0.493 e. The van der Waals surface area contributed by atoms with Gasteiger partial charge >= 0.3 is 0 Å². The predicted molar refractivity (Wildman–Crippen MR) is 119 cm³/mol. The van der Waals surface area contributed by atoms with Crippen LogP contribution in [0.5, 0.6) is 11.5 Å². The molecule has 2 aromatic carbocycles. The molecule has 30 heavy (non-hydrogen) atoms. The summed E-state index contributed by atoms with van der Waals surface area (Å²) in [7, 11) is 1.71. The molecule has 2 aromatic rings. The molecule has 158 valence electrons. The van der Waals surface area contributed by atoms with Gasteiger partial charge < -0.3 is 19.8 Å². The van der Waals surface area contributed by atoms with Crippen molar-refractivity contribution in [2.24, 2.45) is 0 Å². The summed E-state index contributed by atoms with van der Waals surface area (Å²) in [5.41, 5.74) is 6.64. The Morgan fingerprint density at radius 2 is 1.90 bits per heavy atom. The zero-order chi connectivity index (χ0) is 20.9. The lowest BCUT2D eigenvalue weighted by Gasteiger charge is -2.51. The van der Waals surface area contributed by atoms with Crippen LogP contribution < -0.4 is 19.8 Å². The van der Waals surface area contributed by atoms with Gasteiger partial charge in [-0.25, -0.2) is 0 Å². The molecule has 0 amide bonds. The van der Waals surface area contributed by atoms with Gasteiger partial charge in [0.15, 0.2) is 17.2 Å². The quantitative estimate of drug-likeness (QED) is 0.788. The van der Waals surface area contributed by atoms with Crippen LogP contribution in [0.2, 0.25) is 5.02 Å². The number of piperidine rings is 1. The van der Waals surface area contributed by atoms with Gasteiger partial charge in [-0.15, -0.1) is 0 Å². The first kappa shape index (κ1) is 19.7. The van der Waals surface area contributed by atoms with Crippen molar-refractivity contribution in [3.8, 4) is 11.5 Å². The van der Waals surface area contributed by atoms with E-state index in [-0.39, 0.29) is 6.04 Å². The van der Waals surface area contributed by atoms with Crippen molar-refractivity contribution in [3.63, 3.8) is 0 Å². The van der Waals surface area contributed by atoms with Gasteiger partial charge in [0.2, 0.25) is 0 Å². The highest BCUT2D eigenvalue weighted by molar-refractivity contribution is 6.30. The average Bonchev–Trinajstić information content (AvgIpc) is 3.21. The second-order valence-electron chi connectivity index (χ2n) is 8.75. The topological polar surface area (TPSA) is 38.2 Å². The van der Waals surface area contributed by atoms with E-state index in [1.54, 1.807) is 12.0 Å². The highest BCUT2D eigenvalue weighted by atomic mass is 35.5. The molecular weight excluding hydrogens is 398 g/mol. The van der Waals surface area contributed by atoms with Crippen molar-refractivity contribution in [2.45, 2.75) is 44.5 Å². The lowest BCUT2D eigenvalue weighted by Crippen LogP contribution is -3.16. The number of hydrogen-bond acceptors (Lipinski definition) is 4. The summed E-state index contributed by atoms with van der Waals surface area (Å²) in [4.78, 5) is 1.64. The third-order valence-corrected chi connectivity index (χ3v) is 7.02. The predicted octanol–water partition coefficient (Wildman–Crippen LogP) is 3.43. The van der Waals surface area contributed by atoms with Crippen LogP contribution in [0.3, 0.4) is 0 Å². The molecule has 0 unspecified atom stereocenters. The molecule has 5 rings (SSSR count). The Morgan fingerprint density at radius 3 is 2.57 bits per heavy atom. The van der Waals surface area contributed by atoms with Gasteiger partial charge in [-0.2, -0.15) is 5.01 Å². The maximum atomic E-state index is 6.80.